The van der Waals surface area contributed by atoms with Crippen molar-refractivity contribution < 1.29 is 23.9 Å². The molecule has 1 aliphatic heterocycles. The zero-order chi connectivity index (χ0) is 19.2. The number of amides is 1. The number of para-hydroxylation sites is 1. The molecule has 0 N–H and O–H groups in total. The summed E-state index contributed by atoms with van der Waals surface area (Å²) < 4.78 is 10.2. The summed E-state index contributed by atoms with van der Waals surface area (Å²) in [6.45, 7) is 2.02. The molecule has 1 atom stereocenters. The number of ether oxygens (including phenoxy) is 2. The van der Waals surface area contributed by atoms with Crippen molar-refractivity contribution in [1.29, 1.82) is 0 Å². The van der Waals surface area contributed by atoms with E-state index in [0.717, 1.165) is 18.2 Å². The Kier molecular flexibility index (Phi) is 6.01. The number of nitrogens with zero attached hydrogens (tertiary/aromatic N) is 2. The van der Waals surface area contributed by atoms with Crippen molar-refractivity contribution in [3.63, 3.8) is 0 Å². The Balaban J connectivity index is 1.62. The van der Waals surface area contributed by atoms with Crippen molar-refractivity contribution in [3.05, 3.63) is 42.1 Å². The molecule has 3 rings (SSSR count). The van der Waals surface area contributed by atoms with E-state index in [1.54, 1.807) is 25.1 Å². The number of carbonyl (C=O) groups excluding carboxylic acids is 3. The van der Waals surface area contributed by atoms with E-state index in [9.17, 15) is 14.4 Å². The summed E-state index contributed by atoms with van der Waals surface area (Å²) in [6.07, 6.45) is 2.22. The Hall–Kier alpha value is -2.96. The molecule has 0 saturated carbocycles. The van der Waals surface area contributed by atoms with Gasteiger partial charge in [0, 0.05) is 11.9 Å². The third-order valence-electron chi connectivity index (χ3n) is 4.52. The highest BCUT2D eigenvalue weighted by atomic mass is 16.5. The van der Waals surface area contributed by atoms with Gasteiger partial charge in [-0.25, -0.2) is 14.6 Å². The predicted octanol–water partition coefficient (Wildman–Crippen LogP) is 2.34. The number of esters is 2. The molecular formula is C20H22N2O5. The average Bonchev–Trinajstić information content (AvgIpc) is 2.71. The zero-order valence-corrected chi connectivity index (χ0v) is 15.2. The monoisotopic (exact) mass is 370 g/mol. The third kappa shape index (κ3) is 4.42. The maximum atomic E-state index is 12.5. The fourth-order valence-corrected chi connectivity index (χ4v) is 3.18. The maximum Gasteiger partial charge on any atom is 0.357 e. The SMILES string of the molecule is CCOC(=O)[C@H]1CCCCN1C(=O)COC(=O)c1ccc2ccccc2n1. The second-order valence-electron chi connectivity index (χ2n) is 6.32. The number of piperidine rings is 1. The van der Waals surface area contributed by atoms with E-state index in [1.807, 2.05) is 18.2 Å². The summed E-state index contributed by atoms with van der Waals surface area (Å²) in [5, 5.41) is 0.913. The number of aromatic nitrogens is 1. The minimum Gasteiger partial charge on any atom is -0.464 e. The van der Waals surface area contributed by atoms with Crippen LogP contribution in [0, 0.1) is 0 Å². The number of rotatable bonds is 5. The Morgan fingerprint density at radius 2 is 1.93 bits per heavy atom. The molecule has 1 aromatic carbocycles. The van der Waals surface area contributed by atoms with Crippen LogP contribution in [0.15, 0.2) is 36.4 Å². The van der Waals surface area contributed by atoms with E-state index in [-0.39, 0.29) is 12.3 Å². The standard InChI is InChI=1S/C20H22N2O5/c1-2-26-20(25)17-9-5-6-12-22(17)18(23)13-27-19(24)16-11-10-14-7-3-4-8-15(14)21-16/h3-4,7-8,10-11,17H,2,5-6,9,12-13H2,1H3/t17-/m1/s1. The molecule has 0 radical (unpaired) electrons. The highest BCUT2D eigenvalue weighted by molar-refractivity contribution is 5.93. The zero-order valence-electron chi connectivity index (χ0n) is 15.2. The number of benzene rings is 1. The topological polar surface area (TPSA) is 85.8 Å². The third-order valence-corrected chi connectivity index (χ3v) is 4.52. The molecule has 142 valence electrons. The van der Waals surface area contributed by atoms with Crippen LogP contribution < -0.4 is 0 Å². The number of likely N-dealkylation sites (tertiary alicyclic amines) is 1. The molecule has 0 unspecified atom stereocenters. The maximum absolute atomic E-state index is 12.5. The average molecular weight is 370 g/mol. The first-order valence-electron chi connectivity index (χ1n) is 9.09. The van der Waals surface area contributed by atoms with Gasteiger partial charge in [-0.05, 0) is 38.3 Å². The molecular weight excluding hydrogens is 348 g/mol. The van der Waals surface area contributed by atoms with Gasteiger partial charge >= 0.3 is 11.9 Å². The lowest BCUT2D eigenvalue weighted by atomic mass is 10.0. The minimum absolute atomic E-state index is 0.141. The lowest BCUT2D eigenvalue weighted by Crippen LogP contribution is -2.50. The van der Waals surface area contributed by atoms with Crippen molar-refractivity contribution >= 4 is 28.7 Å². The molecule has 0 bridgehead atoms. The Morgan fingerprint density at radius 1 is 1.11 bits per heavy atom. The second-order valence-corrected chi connectivity index (χ2v) is 6.32. The normalized spacial score (nSPS) is 16.8. The number of hydrogen-bond donors (Lipinski definition) is 0. The first-order chi connectivity index (χ1) is 13.1. The number of carbonyl (C=O) groups is 3. The summed E-state index contributed by atoms with van der Waals surface area (Å²) in [5.74, 6) is -1.48. The molecule has 1 saturated heterocycles. The smallest absolute Gasteiger partial charge is 0.357 e. The lowest BCUT2D eigenvalue weighted by Gasteiger charge is -2.33. The molecule has 1 aromatic heterocycles. The van der Waals surface area contributed by atoms with Gasteiger partial charge < -0.3 is 14.4 Å². The number of hydrogen-bond acceptors (Lipinski definition) is 6. The van der Waals surface area contributed by atoms with Gasteiger partial charge in [0.2, 0.25) is 0 Å². The molecule has 0 spiro atoms. The highest BCUT2D eigenvalue weighted by Gasteiger charge is 2.33. The van der Waals surface area contributed by atoms with E-state index in [2.05, 4.69) is 4.98 Å². The summed E-state index contributed by atoms with van der Waals surface area (Å²) >= 11 is 0. The first-order valence-corrected chi connectivity index (χ1v) is 9.09. The van der Waals surface area contributed by atoms with Gasteiger partial charge in [-0.3, -0.25) is 4.79 Å². The van der Waals surface area contributed by atoms with E-state index in [1.165, 1.54) is 4.90 Å². The summed E-state index contributed by atoms with van der Waals surface area (Å²) in [5.41, 5.74) is 0.818. The summed E-state index contributed by atoms with van der Waals surface area (Å²) in [4.78, 5) is 42.5. The van der Waals surface area contributed by atoms with Crippen LogP contribution in [0.1, 0.15) is 36.7 Å². The quantitative estimate of drug-likeness (QED) is 0.751. The molecule has 2 heterocycles. The van der Waals surface area contributed by atoms with Crippen LogP contribution in [0.25, 0.3) is 10.9 Å². The molecule has 7 heteroatoms. The van der Waals surface area contributed by atoms with Gasteiger partial charge in [-0.1, -0.05) is 24.3 Å². The Labute approximate surface area is 157 Å². The van der Waals surface area contributed by atoms with Crippen LogP contribution in [-0.2, 0) is 19.1 Å². The van der Waals surface area contributed by atoms with E-state index < -0.39 is 30.5 Å². The van der Waals surface area contributed by atoms with Crippen LogP contribution >= 0.6 is 0 Å². The molecule has 1 aliphatic rings. The first kappa shape index (κ1) is 18.8. The predicted molar refractivity (Wildman–Crippen MR) is 98.0 cm³/mol. The van der Waals surface area contributed by atoms with Gasteiger partial charge in [0.15, 0.2) is 6.61 Å². The summed E-state index contributed by atoms with van der Waals surface area (Å²) in [7, 11) is 0. The van der Waals surface area contributed by atoms with Crippen LogP contribution in [0.5, 0.6) is 0 Å². The molecule has 27 heavy (non-hydrogen) atoms. The molecule has 2 aromatic rings. The molecule has 1 fully saturated rings. The van der Waals surface area contributed by atoms with Gasteiger partial charge in [0.25, 0.3) is 5.91 Å². The van der Waals surface area contributed by atoms with Gasteiger partial charge in [-0.2, -0.15) is 0 Å². The molecule has 1 amide bonds. The second kappa shape index (κ2) is 8.62. The highest BCUT2D eigenvalue weighted by Crippen LogP contribution is 2.19. The largest absolute Gasteiger partial charge is 0.464 e. The van der Waals surface area contributed by atoms with Crippen molar-refractivity contribution in [2.75, 3.05) is 19.8 Å². The molecule has 7 nitrogen and oxygen atoms in total. The Morgan fingerprint density at radius 3 is 2.74 bits per heavy atom. The van der Waals surface area contributed by atoms with Gasteiger partial charge in [-0.15, -0.1) is 0 Å². The van der Waals surface area contributed by atoms with Gasteiger partial charge in [0.05, 0.1) is 12.1 Å². The van der Waals surface area contributed by atoms with E-state index >= 15 is 0 Å². The Bertz CT molecular complexity index is 851. The van der Waals surface area contributed by atoms with Crippen molar-refractivity contribution in [1.82, 2.24) is 9.88 Å². The van der Waals surface area contributed by atoms with Crippen LogP contribution in [0.4, 0.5) is 0 Å². The van der Waals surface area contributed by atoms with Crippen LogP contribution in [-0.4, -0.2) is 53.5 Å². The van der Waals surface area contributed by atoms with Crippen molar-refractivity contribution in [3.8, 4) is 0 Å². The van der Waals surface area contributed by atoms with Crippen LogP contribution in [0.2, 0.25) is 0 Å². The fourth-order valence-electron chi connectivity index (χ4n) is 3.18. The van der Waals surface area contributed by atoms with Crippen molar-refractivity contribution in [2.45, 2.75) is 32.2 Å². The lowest BCUT2D eigenvalue weighted by molar-refractivity contribution is -0.157. The summed E-state index contributed by atoms with van der Waals surface area (Å²) in [6, 6.07) is 10.2. The molecule has 0 aliphatic carbocycles. The van der Waals surface area contributed by atoms with Gasteiger partial charge in [0.1, 0.15) is 11.7 Å². The van der Waals surface area contributed by atoms with E-state index in [0.29, 0.717) is 18.5 Å². The number of pyridine rings is 1. The van der Waals surface area contributed by atoms with Crippen LogP contribution in [0.3, 0.4) is 0 Å². The van der Waals surface area contributed by atoms with E-state index in [4.69, 9.17) is 9.47 Å². The van der Waals surface area contributed by atoms with Crippen molar-refractivity contribution in [2.24, 2.45) is 0 Å². The minimum atomic E-state index is -0.668. The fraction of sp³-hybridized carbons (Fsp3) is 0.400. The number of fused-ring (bicyclic) bond motifs is 1.